The number of alkyl carbamates (subject to hydrolysis) is 1. The number of nitrogens with zero attached hydrogens (tertiary/aromatic N) is 3. The van der Waals surface area contributed by atoms with Crippen LogP contribution in [0.4, 0.5) is 4.79 Å². The van der Waals surface area contributed by atoms with Crippen LogP contribution in [0.25, 0.3) is 0 Å². The summed E-state index contributed by atoms with van der Waals surface area (Å²) in [5.41, 5.74) is -0.444. The Morgan fingerprint density at radius 3 is 2.60 bits per heavy atom. The smallest absolute Gasteiger partial charge is 0.407 e. The van der Waals surface area contributed by atoms with Crippen LogP contribution in [0.5, 0.6) is 0 Å². The monoisotopic (exact) mass is 281 g/mol. The van der Waals surface area contributed by atoms with Gasteiger partial charge in [-0.15, -0.1) is 10.2 Å². The zero-order chi connectivity index (χ0) is 14.6. The molecule has 1 saturated carbocycles. The van der Waals surface area contributed by atoms with Gasteiger partial charge in [-0.1, -0.05) is 5.21 Å². The number of hydrogen-bond donors (Lipinski definition) is 2. The molecule has 2 N–H and O–H groups in total. The van der Waals surface area contributed by atoms with Gasteiger partial charge in [0.15, 0.2) is 5.82 Å². The number of nitrogens with one attached hydrogen (secondary N) is 2. The standard InChI is InChI=1S/C13H23N5O2/c1-13(2,3)20-12(19)14-8-9-4-6-10(7-5-9)11-15-17-18-16-11/h9-10H,4-8H2,1-3H3,(H,14,19)(H,15,16,17,18)/t9-,10-. The Hall–Kier alpha value is -1.66. The Morgan fingerprint density at radius 2 is 2.05 bits per heavy atom. The maximum absolute atomic E-state index is 11.6. The van der Waals surface area contributed by atoms with Gasteiger partial charge in [-0.2, -0.15) is 5.21 Å². The number of H-pyrrole nitrogens is 1. The van der Waals surface area contributed by atoms with Gasteiger partial charge in [0.05, 0.1) is 0 Å². The molecule has 7 heteroatoms. The van der Waals surface area contributed by atoms with E-state index < -0.39 is 5.60 Å². The number of ether oxygens (including phenoxy) is 1. The van der Waals surface area contributed by atoms with Gasteiger partial charge in [0.1, 0.15) is 5.60 Å². The van der Waals surface area contributed by atoms with Crippen LogP contribution in [-0.2, 0) is 4.74 Å². The molecule has 1 aromatic heterocycles. The Bertz CT molecular complexity index is 418. The second-order valence-electron chi connectivity index (χ2n) is 6.37. The molecule has 0 bridgehead atoms. The van der Waals surface area contributed by atoms with E-state index in [-0.39, 0.29) is 6.09 Å². The highest BCUT2D eigenvalue weighted by molar-refractivity contribution is 5.67. The summed E-state index contributed by atoms with van der Waals surface area (Å²) in [5, 5.41) is 17.0. The highest BCUT2D eigenvalue weighted by Crippen LogP contribution is 2.33. The minimum Gasteiger partial charge on any atom is -0.444 e. The van der Waals surface area contributed by atoms with Crippen LogP contribution in [-0.4, -0.2) is 38.9 Å². The molecular weight excluding hydrogens is 258 g/mol. The molecule has 1 aliphatic rings. The Balaban J connectivity index is 1.68. The van der Waals surface area contributed by atoms with Gasteiger partial charge in [0.25, 0.3) is 0 Å². The van der Waals surface area contributed by atoms with Gasteiger partial charge >= 0.3 is 6.09 Å². The van der Waals surface area contributed by atoms with Crippen molar-refractivity contribution in [2.24, 2.45) is 5.92 Å². The highest BCUT2D eigenvalue weighted by Gasteiger charge is 2.25. The van der Waals surface area contributed by atoms with Crippen molar-refractivity contribution in [1.82, 2.24) is 25.9 Å². The fourth-order valence-corrected chi connectivity index (χ4v) is 2.51. The molecule has 0 aromatic carbocycles. The minimum absolute atomic E-state index is 0.335. The zero-order valence-corrected chi connectivity index (χ0v) is 12.3. The minimum atomic E-state index is -0.444. The second-order valence-corrected chi connectivity index (χ2v) is 6.37. The number of rotatable bonds is 3. The number of carbonyl (C=O) groups excluding carboxylic acids is 1. The predicted octanol–water partition coefficient (Wildman–Crippen LogP) is 2.00. The summed E-state index contributed by atoms with van der Waals surface area (Å²) in [5.74, 6) is 1.71. The summed E-state index contributed by atoms with van der Waals surface area (Å²) in [6.07, 6.45) is 3.88. The predicted molar refractivity (Wildman–Crippen MR) is 73.1 cm³/mol. The van der Waals surface area contributed by atoms with Crippen LogP contribution in [0, 0.1) is 5.92 Å². The van der Waals surface area contributed by atoms with Crippen molar-refractivity contribution < 1.29 is 9.53 Å². The van der Waals surface area contributed by atoms with Crippen LogP contribution in [0.2, 0.25) is 0 Å². The molecule has 0 radical (unpaired) electrons. The molecule has 1 aliphatic carbocycles. The lowest BCUT2D eigenvalue weighted by atomic mass is 9.81. The lowest BCUT2D eigenvalue weighted by molar-refractivity contribution is 0.0514. The fourth-order valence-electron chi connectivity index (χ4n) is 2.51. The van der Waals surface area contributed by atoms with Gasteiger partial charge in [0.2, 0.25) is 0 Å². The maximum Gasteiger partial charge on any atom is 0.407 e. The van der Waals surface area contributed by atoms with E-state index in [0.29, 0.717) is 18.4 Å². The van der Waals surface area contributed by atoms with Gasteiger partial charge < -0.3 is 10.1 Å². The molecule has 0 saturated heterocycles. The highest BCUT2D eigenvalue weighted by atomic mass is 16.6. The van der Waals surface area contributed by atoms with E-state index in [4.69, 9.17) is 4.74 Å². The summed E-state index contributed by atoms with van der Waals surface area (Å²) in [6, 6.07) is 0. The molecule has 0 atom stereocenters. The van der Waals surface area contributed by atoms with Crippen molar-refractivity contribution >= 4 is 6.09 Å². The van der Waals surface area contributed by atoms with Crippen LogP contribution in [0.1, 0.15) is 58.2 Å². The van der Waals surface area contributed by atoms with Gasteiger partial charge in [-0.3, -0.25) is 0 Å². The topological polar surface area (TPSA) is 92.8 Å². The van der Waals surface area contributed by atoms with E-state index in [0.717, 1.165) is 31.5 Å². The van der Waals surface area contributed by atoms with Crippen LogP contribution < -0.4 is 5.32 Å². The molecule has 20 heavy (non-hydrogen) atoms. The number of hydrogen-bond acceptors (Lipinski definition) is 5. The summed E-state index contributed by atoms with van der Waals surface area (Å²) < 4.78 is 5.23. The number of aromatic amines is 1. The lowest BCUT2D eigenvalue weighted by Crippen LogP contribution is -2.36. The average Bonchev–Trinajstić information content (AvgIpc) is 2.89. The third kappa shape index (κ3) is 4.47. The molecule has 0 spiro atoms. The molecule has 1 fully saturated rings. The average molecular weight is 281 g/mol. The van der Waals surface area contributed by atoms with E-state index in [1.807, 2.05) is 20.8 Å². The van der Waals surface area contributed by atoms with E-state index in [2.05, 4.69) is 25.9 Å². The zero-order valence-electron chi connectivity index (χ0n) is 12.3. The molecule has 112 valence electrons. The van der Waals surface area contributed by atoms with Crippen LogP contribution in [0.15, 0.2) is 0 Å². The SMILES string of the molecule is CC(C)(C)OC(=O)NC[C@H]1CC[C@H](c2nn[nH]n2)CC1. The molecular formula is C13H23N5O2. The molecule has 2 rings (SSSR count). The summed E-state index contributed by atoms with van der Waals surface area (Å²) in [7, 11) is 0. The van der Waals surface area contributed by atoms with Crippen molar-refractivity contribution in [1.29, 1.82) is 0 Å². The first-order valence-electron chi connectivity index (χ1n) is 7.14. The molecule has 1 heterocycles. The first kappa shape index (κ1) is 14.7. The Labute approximate surface area is 118 Å². The van der Waals surface area contributed by atoms with Gasteiger partial charge in [-0.05, 0) is 52.4 Å². The number of carbonyl (C=O) groups is 1. The van der Waals surface area contributed by atoms with Crippen molar-refractivity contribution in [3.8, 4) is 0 Å². The van der Waals surface area contributed by atoms with Crippen LogP contribution in [0.3, 0.4) is 0 Å². The summed E-state index contributed by atoms with van der Waals surface area (Å²) in [4.78, 5) is 11.6. The first-order valence-corrected chi connectivity index (χ1v) is 7.14. The molecule has 1 amide bonds. The van der Waals surface area contributed by atoms with Crippen LogP contribution >= 0.6 is 0 Å². The molecule has 0 unspecified atom stereocenters. The number of aromatic nitrogens is 4. The molecule has 7 nitrogen and oxygen atoms in total. The van der Waals surface area contributed by atoms with Crippen molar-refractivity contribution in [3.05, 3.63) is 5.82 Å². The fraction of sp³-hybridized carbons (Fsp3) is 0.846. The van der Waals surface area contributed by atoms with Crippen molar-refractivity contribution in [2.45, 2.75) is 58.0 Å². The van der Waals surface area contributed by atoms with E-state index >= 15 is 0 Å². The van der Waals surface area contributed by atoms with Gasteiger partial charge in [-0.25, -0.2) is 4.79 Å². The van der Waals surface area contributed by atoms with E-state index in [1.54, 1.807) is 0 Å². The molecule has 1 aromatic rings. The third-order valence-electron chi connectivity index (χ3n) is 3.51. The Kier molecular flexibility index (Phi) is 4.57. The maximum atomic E-state index is 11.6. The molecule has 0 aliphatic heterocycles. The van der Waals surface area contributed by atoms with E-state index in [1.165, 1.54) is 0 Å². The summed E-state index contributed by atoms with van der Waals surface area (Å²) in [6.45, 7) is 6.27. The Morgan fingerprint density at radius 1 is 1.35 bits per heavy atom. The third-order valence-corrected chi connectivity index (χ3v) is 3.51. The lowest BCUT2D eigenvalue weighted by Gasteiger charge is -2.27. The normalized spacial score (nSPS) is 23.4. The summed E-state index contributed by atoms with van der Waals surface area (Å²) >= 11 is 0. The number of amides is 1. The number of tetrazole rings is 1. The van der Waals surface area contributed by atoms with E-state index in [9.17, 15) is 4.79 Å². The second kappa shape index (κ2) is 6.19. The first-order chi connectivity index (χ1) is 9.44. The van der Waals surface area contributed by atoms with Crippen molar-refractivity contribution in [2.75, 3.05) is 6.54 Å². The quantitative estimate of drug-likeness (QED) is 0.884. The van der Waals surface area contributed by atoms with Crippen molar-refractivity contribution in [3.63, 3.8) is 0 Å². The van der Waals surface area contributed by atoms with Gasteiger partial charge in [0, 0.05) is 12.5 Å². The largest absolute Gasteiger partial charge is 0.444 e.